The molecule has 2 N–H and O–H groups in total. The van der Waals surface area contributed by atoms with E-state index in [-0.39, 0.29) is 32.2 Å². The summed E-state index contributed by atoms with van der Waals surface area (Å²) < 4.78 is 13.9. The van der Waals surface area contributed by atoms with Crippen LogP contribution in [0.3, 0.4) is 0 Å². The van der Waals surface area contributed by atoms with Crippen molar-refractivity contribution >= 4 is 46.4 Å². The Morgan fingerprint density at radius 1 is 0.947 bits per heavy atom. The van der Waals surface area contributed by atoms with E-state index in [0.29, 0.717) is 5.56 Å². The molecule has 0 aliphatic rings. The number of nitrogens with two attached hydrogens (primary N) is 1. The van der Waals surface area contributed by atoms with Gasteiger partial charge >= 0.3 is 0 Å². The highest BCUT2D eigenvalue weighted by Gasteiger charge is 2.18. The minimum Gasteiger partial charge on any atom is -0.326 e. The van der Waals surface area contributed by atoms with Crippen molar-refractivity contribution in [3.63, 3.8) is 0 Å². The van der Waals surface area contributed by atoms with Crippen LogP contribution in [0.15, 0.2) is 24.3 Å². The van der Waals surface area contributed by atoms with Gasteiger partial charge in [-0.25, -0.2) is 4.39 Å². The van der Waals surface area contributed by atoms with Crippen LogP contribution in [-0.2, 0) is 6.54 Å². The Bertz CT molecular complexity index is 643. The largest absolute Gasteiger partial charge is 0.326 e. The average Bonchev–Trinajstić information content (AvgIpc) is 2.38. The summed E-state index contributed by atoms with van der Waals surface area (Å²) >= 11 is 24.0. The molecule has 0 aromatic heterocycles. The molecule has 100 valence electrons. The Kier molecular flexibility index (Phi) is 4.59. The van der Waals surface area contributed by atoms with Gasteiger partial charge in [-0.15, -0.1) is 0 Å². The molecule has 2 aromatic rings. The number of hydrogen-bond acceptors (Lipinski definition) is 1. The summed E-state index contributed by atoms with van der Waals surface area (Å²) in [5.41, 5.74) is 6.86. The first-order chi connectivity index (χ1) is 8.95. The molecule has 6 heteroatoms. The van der Waals surface area contributed by atoms with Gasteiger partial charge in [0.25, 0.3) is 0 Å². The van der Waals surface area contributed by atoms with Crippen LogP contribution in [0, 0.1) is 5.82 Å². The zero-order valence-corrected chi connectivity index (χ0v) is 12.5. The van der Waals surface area contributed by atoms with Crippen LogP contribution >= 0.6 is 46.4 Å². The first kappa shape index (κ1) is 14.9. The van der Waals surface area contributed by atoms with E-state index >= 15 is 0 Å². The highest BCUT2D eigenvalue weighted by atomic mass is 35.5. The lowest BCUT2D eigenvalue weighted by molar-refractivity contribution is 0.630. The molecule has 2 aromatic carbocycles. The van der Waals surface area contributed by atoms with Crippen LogP contribution in [-0.4, -0.2) is 0 Å². The Morgan fingerprint density at radius 3 is 2.26 bits per heavy atom. The van der Waals surface area contributed by atoms with Gasteiger partial charge in [0.15, 0.2) is 0 Å². The molecule has 0 spiro atoms. The van der Waals surface area contributed by atoms with Crippen molar-refractivity contribution in [1.82, 2.24) is 0 Å². The van der Waals surface area contributed by atoms with E-state index in [0.717, 1.165) is 5.56 Å². The fourth-order valence-electron chi connectivity index (χ4n) is 1.70. The third kappa shape index (κ3) is 2.83. The van der Waals surface area contributed by atoms with E-state index < -0.39 is 5.82 Å². The highest BCUT2D eigenvalue weighted by molar-refractivity contribution is 6.51. The van der Waals surface area contributed by atoms with Gasteiger partial charge in [0.1, 0.15) is 5.82 Å². The van der Waals surface area contributed by atoms with Gasteiger partial charge in [0, 0.05) is 17.7 Å². The fourth-order valence-corrected chi connectivity index (χ4v) is 2.82. The minimum absolute atomic E-state index is 0.118. The maximum atomic E-state index is 13.9. The van der Waals surface area contributed by atoms with Gasteiger partial charge in [-0.3, -0.25) is 0 Å². The smallest absolute Gasteiger partial charge is 0.131 e. The Morgan fingerprint density at radius 2 is 1.63 bits per heavy atom. The lowest BCUT2D eigenvalue weighted by atomic mass is 10.0. The summed E-state index contributed by atoms with van der Waals surface area (Å²) in [4.78, 5) is 0. The molecular formula is C13H8Cl4FN. The van der Waals surface area contributed by atoms with Crippen LogP contribution in [0.1, 0.15) is 5.56 Å². The second kappa shape index (κ2) is 5.86. The van der Waals surface area contributed by atoms with E-state index in [1.54, 1.807) is 12.1 Å². The van der Waals surface area contributed by atoms with E-state index in [4.69, 9.17) is 52.1 Å². The van der Waals surface area contributed by atoms with Gasteiger partial charge in [0.2, 0.25) is 0 Å². The Hall–Kier alpha value is -0.510. The zero-order valence-electron chi connectivity index (χ0n) is 9.48. The van der Waals surface area contributed by atoms with Crippen molar-refractivity contribution in [2.75, 3.05) is 0 Å². The predicted molar refractivity (Wildman–Crippen MR) is 79.8 cm³/mol. The molecule has 2 rings (SSSR count). The second-order valence-electron chi connectivity index (χ2n) is 3.86. The molecule has 0 aliphatic carbocycles. The van der Waals surface area contributed by atoms with Crippen molar-refractivity contribution in [1.29, 1.82) is 0 Å². The molecule has 0 bridgehead atoms. The topological polar surface area (TPSA) is 26.0 Å². The van der Waals surface area contributed by atoms with Crippen LogP contribution in [0.2, 0.25) is 20.1 Å². The molecule has 0 fully saturated rings. The summed E-state index contributed by atoms with van der Waals surface area (Å²) in [7, 11) is 0. The third-order valence-electron chi connectivity index (χ3n) is 2.65. The number of hydrogen-bond donors (Lipinski definition) is 1. The number of halogens is 5. The monoisotopic (exact) mass is 337 g/mol. The summed E-state index contributed by atoms with van der Waals surface area (Å²) in [6, 6.07) is 5.93. The molecule has 0 saturated carbocycles. The lowest BCUT2D eigenvalue weighted by Crippen LogP contribution is -1.98. The Balaban J connectivity index is 2.75. The van der Waals surface area contributed by atoms with Crippen molar-refractivity contribution in [2.24, 2.45) is 5.73 Å². The maximum Gasteiger partial charge on any atom is 0.131 e. The van der Waals surface area contributed by atoms with Crippen LogP contribution < -0.4 is 5.73 Å². The normalized spacial score (nSPS) is 10.8. The molecule has 0 amide bonds. The second-order valence-corrected chi connectivity index (χ2v) is 5.43. The summed E-state index contributed by atoms with van der Waals surface area (Å²) in [5, 5.41) is 0.704. The highest BCUT2D eigenvalue weighted by Crippen LogP contribution is 2.43. The minimum atomic E-state index is -0.459. The zero-order chi connectivity index (χ0) is 14.2. The predicted octanol–water partition coefficient (Wildman–Crippen LogP) is 5.57. The van der Waals surface area contributed by atoms with Crippen LogP contribution in [0.4, 0.5) is 4.39 Å². The van der Waals surface area contributed by atoms with Crippen molar-refractivity contribution < 1.29 is 4.39 Å². The molecule has 0 radical (unpaired) electrons. The number of benzene rings is 2. The Labute approximate surface area is 130 Å². The molecular weight excluding hydrogens is 331 g/mol. The van der Waals surface area contributed by atoms with E-state index in [1.807, 2.05) is 0 Å². The van der Waals surface area contributed by atoms with Crippen molar-refractivity contribution in [2.45, 2.75) is 6.54 Å². The molecule has 0 saturated heterocycles. The van der Waals surface area contributed by atoms with Crippen LogP contribution in [0.5, 0.6) is 0 Å². The van der Waals surface area contributed by atoms with Gasteiger partial charge in [-0.05, 0) is 23.8 Å². The van der Waals surface area contributed by atoms with Gasteiger partial charge in [-0.1, -0.05) is 52.5 Å². The summed E-state index contributed by atoms with van der Waals surface area (Å²) in [6.45, 7) is 0.282. The molecule has 1 nitrogen and oxygen atoms in total. The van der Waals surface area contributed by atoms with E-state index in [1.165, 1.54) is 12.1 Å². The van der Waals surface area contributed by atoms with Gasteiger partial charge < -0.3 is 5.73 Å². The van der Waals surface area contributed by atoms with Crippen LogP contribution in [0.25, 0.3) is 11.1 Å². The average molecular weight is 339 g/mol. The first-order valence-electron chi connectivity index (χ1n) is 5.27. The first-order valence-corrected chi connectivity index (χ1v) is 6.78. The lowest BCUT2D eigenvalue weighted by Gasteiger charge is -2.12. The molecule has 0 atom stereocenters. The molecule has 0 heterocycles. The quantitative estimate of drug-likeness (QED) is 0.562. The fraction of sp³-hybridized carbons (Fsp3) is 0.0769. The van der Waals surface area contributed by atoms with Crippen molar-refractivity contribution in [3.05, 3.63) is 55.7 Å². The molecule has 19 heavy (non-hydrogen) atoms. The third-order valence-corrected chi connectivity index (χ3v) is 4.21. The van der Waals surface area contributed by atoms with Gasteiger partial charge in [0.05, 0.1) is 20.1 Å². The van der Waals surface area contributed by atoms with E-state index in [9.17, 15) is 4.39 Å². The molecule has 0 aliphatic heterocycles. The van der Waals surface area contributed by atoms with Gasteiger partial charge in [-0.2, -0.15) is 0 Å². The standard InChI is InChI=1S/C13H8Cl4FN/c14-8-4-9(15)12(16)13(17)11(8)7-3-6(5-19)1-2-10(7)18/h1-4H,5,19H2. The van der Waals surface area contributed by atoms with Crippen molar-refractivity contribution in [3.8, 4) is 11.1 Å². The number of rotatable bonds is 2. The summed E-state index contributed by atoms with van der Waals surface area (Å²) in [5.74, 6) is -0.459. The van der Waals surface area contributed by atoms with E-state index in [2.05, 4.69) is 0 Å². The molecule has 0 unspecified atom stereocenters. The summed E-state index contributed by atoms with van der Waals surface area (Å²) in [6.07, 6.45) is 0. The SMILES string of the molecule is NCc1ccc(F)c(-c2c(Cl)cc(Cl)c(Cl)c2Cl)c1. The maximum absolute atomic E-state index is 13.9.